The van der Waals surface area contributed by atoms with Crippen LogP contribution in [-0.4, -0.2) is 27.5 Å². The minimum absolute atomic E-state index is 0.231. The van der Waals surface area contributed by atoms with Crippen molar-refractivity contribution in [2.24, 2.45) is 0 Å². The largest absolute Gasteiger partial charge is 0.495 e. The van der Waals surface area contributed by atoms with Gasteiger partial charge in [0.25, 0.3) is 15.7 Å². The van der Waals surface area contributed by atoms with E-state index in [1.807, 2.05) is 0 Å². The molecule has 2 aromatic rings. The number of sulfonamides is 1. The third-order valence-corrected chi connectivity index (χ3v) is 5.33. The van der Waals surface area contributed by atoms with Crippen molar-refractivity contribution < 1.29 is 18.1 Å². The fraction of sp³-hybridized carbons (Fsp3) is 0.143. The lowest BCUT2D eigenvalue weighted by Gasteiger charge is -2.20. The predicted molar refractivity (Wildman–Crippen MR) is 86.7 cm³/mol. The van der Waals surface area contributed by atoms with E-state index in [2.05, 4.69) is 0 Å². The van der Waals surface area contributed by atoms with Crippen LogP contribution in [0, 0.1) is 10.1 Å². The first-order valence-corrected chi connectivity index (χ1v) is 8.16. The molecular weight excluding hydrogens is 344 g/mol. The number of halogens is 1. The molecule has 0 aromatic heterocycles. The molecule has 0 saturated carbocycles. The number of hydrogen-bond acceptors (Lipinski definition) is 5. The molecule has 0 aliphatic rings. The predicted octanol–water partition coefficient (Wildman–Crippen LogP) is 3.08. The summed E-state index contributed by atoms with van der Waals surface area (Å²) in [5.41, 5.74) is -0.229. The Bertz CT molecular complexity index is 854. The van der Waals surface area contributed by atoms with E-state index in [-0.39, 0.29) is 15.6 Å². The second kappa shape index (κ2) is 6.43. The molecule has 9 heteroatoms. The summed E-state index contributed by atoms with van der Waals surface area (Å²) < 4.78 is 31.3. The van der Waals surface area contributed by atoms with Crippen LogP contribution in [0.4, 0.5) is 11.4 Å². The zero-order valence-electron chi connectivity index (χ0n) is 12.3. The van der Waals surface area contributed by atoms with Crippen LogP contribution in [-0.2, 0) is 10.0 Å². The molecule has 0 heterocycles. The van der Waals surface area contributed by atoms with Crippen LogP contribution in [0.25, 0.3) is 0 Å². The normalized spacial score (nSPS) is 11.1. The van der Waals surface area contributed by atoms with E-state index < -0.39 is 20.6 Å². The van der Waals surface area contributed by atoms with Gasteiger partial charge in [-0.25, -0.2) is 8.42 Å². The van der Waals surface area contributed by atoms with Crippen LogP contribution in [0.3, 0.4) is 0 Å². The standard InChI is InChI=1S/C14H13ClN2O5S/c1-16(10-7-8-13(22-2)11(15)9-10)23(20,21)14-6-4-3-5-12(14)17(18)19/h3-9H,1-2H3. The zero-order valence-corrected chi connectivity index (χ0v) is 13.8. The van der Waals surface area contributed by atoms with Gasteiger partial charge in [0, 0.05) is 13.1 Å². The Morgan fingerprint density at radius 3 is 2.43 bits per heavy atom. The molecule has 0 saturated heterocycles. The van der Waals surface area contributed by atoms with E-state index >= 15 is 0 Å². The van der Waals surface area contributed by atoms with Crippen molar-refractivity contribution in [3.05, 3.63) is 57.6 Å². The summed E-state index contributed by atoms with van der Waals surface area (Å²) in [7, 11) is -1.38. The second-order valence-electron chi connectivity index (χ2n) is 4.52. The van der Waals surface area contributed by atoms with Crippen molar-refractivity contribution in [3.8, 4) is 5.75 Å². The van der Waals surface area contributed by atoms with Gasteiger partial charge in [-0.3, -0.25) is 14.4 Å². The Labute approximate surface area is 138 Å². The molecule has 2 aromatic carbocycles. The van der Waals surface area contributed by atoms with E-state index in [0.29, 0.717) is 5.75 Å². The molecule has 0 unspecified atom stereocenters. The van der Waals surface area contributed by atoms with Gasteiger partial charge in [-0.1, -0.05) is 23.7 Å². The van der Waals surface area contributed by atoms with Crippen LogP contribution in [0.2, 0.25) is 5.02 Å². The first kappa shape index (κ1) is 17.0. The van der Waals surface area contributed by atoms with Gasteiger partial charge in [-0.2, -0.15) is 0 Å². The molecular formula is C14H13ClN2O5S. The minimum Gasteiger partial charge on any atom is -0.495 e. The molecule has 23 heavy (non-hydrogen) atoms. The van der Waals surface area contributed by atoms with Crippen molar-refractivity contribution in [1.29, 1.82) is 0 Å². The lowest BCUT2D eigenvalue weighted by molar-refractivity contribution is -0.387. The zero-order chi connectivity index (χ0) is 17.2. The molecule has 0 aliphatic carbocycles. The summed E-state index contributed by atoms with van der Waals surface area (Å²) in [6.45, 7) is 0. The number of anilines is 1. The SMILES string of the molecule is COc1ccc(N(C)S(=O)(=O)c2ccccc2[N+](=O)[O-])cc1Cl. The molecule has 0 amide bonds. The summed E-state index contributed by atoms with van der Waals surface area (Å²) in [6, 6.07) is 9.58. The highest BCUT2D eigenvalue weighted by Crippen LogP contribution is 2.33. The van der Waals surface area contributed by atoms with Gasteiger partial charge < -0.3 is 4.74 Å². The molecule has 0 aliphatic heterocycles. The van der Waals surface area contributed by atoms with Crippen molar-refractivity contribution >= 4 is 33.0 Å². The van der Waals surface area contributed by atoms with Crippen LogP contribution >= 0.6 is 11.6 Å². The molecule has 0 spiro atoms. The number of ether oxygens (including phenoxy) is 1. The molecule has 0 fully saturated rings. The molecule has 0 radical (unpaired) electrons. The van der Waals surface area contributed by atoms with Crippen LogP contribution in [0.15, 0.2) is 47.4 Å². The van der Waals surface area contributed by atoms with Crippen LogP contribution < -0.4 is 9.04 Å². The second-order valence-corrected chi connectivity index (χ2v) is 6.86. The third-order valence-electron chi connectivity index (χ3n) is 3.20. The number of para-hydroxylation sites is 1. The number of methoxy groups -OCH3 is 1. The van der Waals surface area contributed by atoms with Crippen molar-refractivity contribution in [2.75, 3.05) is 18.5 Å². The highest BCUT2D eigenvalue weighted by Gasteiger charge is 2.29. The lowest BCUT2D eigenvalue weighted by atomic mass is 10.3. The lowest BCUT2D eigenvalue weighted by Crippen LogP contribution is -2.27. The number of nitro benzene ring substituents is 1. The third kappa shape index (κ3) is 3.22. The van der Waals surface area contributed by atoms with Crippen molar-refractivity contribution in [2.45, 2.75) is 4.90 Å². The highest BCUT2D eigenvalue weighted by molar-refractivity contribution is 7.93. The number of rotatable bonds is 5. The minimum atomic E-state index is -4.11. The summed E-state index contributed by atoms with van der Waals surface area (Å²) >= 11 is 6.00. The molecule has 122 valence electrons. The van der Waals surface area contributed by atoms with Gasteiger partial charge in [0.05, 0.1) is 22.7 Å². The van der Waals surface area contributed by atoms with E-state index in [1.54, 1.807) is 0 Å². The average molecular weight is 357 g/mol. The monoisotopic (exact) mass is 356 g/mol. The summed E-state index contributed by atoms with van der Waals surface area (Å²) in [4.78, 5) is 9.93. The van der Waals surface area contributed by atoms with Gasteiger partial charge in [0.15, 0.2) is 4.90 Å². The fourth-order valence-electron chi connectivity index (χ4n) is 1.96. The van der Waals surface area contributed by atoms with Gasteiger partial charge >= 0.3 is 0 Å². The Kier molecular flexibility index (Phi) is 4.76. The van der Waals surface area contributed by atoms with E-state index in [1.165, 1.54) is 50.6 Å². The summed E-state index contributed by atoms with van der Waals surface area (Å²) in [5.74, 6) is 0.395. The van der Waals surface area contributed by atoms with Crippen LogP contribution in [0.5, 0.6) is 5.75 Å². The summed E-state index contributed by atoms with van der Waals surface area (Å²) in [5, 5.41) is 11.3. The molecule has 0 N–H and O–H groups in total. The average Bonchev–Trinajstić information content (AvgIpc) is 2.53. The first-order chi connectivity index (χ1) is 10.8. The van der Waals surface area contributed by atoms with E-state index in [0.717, 1.165) is 10.4 Å². The number of nitro groups is 1. The topological polar surface area (TPSA) is 89.8 Å². The van der Waals surface area contributed by atoms with E-state index in [9.17, 15) is 18.5 Å². The highest BCUT2D eigenvalue weighted by atomic mass is 35.5. The Morgan fingerprint density at radius 1 is 1.22 bits per heavy atom. The molecule has 0 bridgehead atoms. The molecule has 0 atom stereocenters. The van der Waals surface area contributed by atoms with Gasteiger partial charge in [-0.15, -0.1) is 0 Å². The Hall–Kier alpha value is -2.32. The van der Waals surface area contributed by atoms with Crippen LogP contribution in [0.1, 0.15) is 0 Å². The quantitative estimate of drug-likeness (QED) is 0.606. The van der Waals surface area contributed by atoms with Gasteiger partial charge in [-0.05, 0) is 24.3 Å². The maximum Gasteiger partial charge on any atom is 0.289 e. The fourth-order valence-corrected chi connectivity index (χ4v) is 3.56. The Balaban J connectivity index is 2.52. The number of nitrogens with zero attached hydrogens (tertiary/aromatic N) is 2. The first-order valence-electron chi connectivity index (χ1n) is 6.35. The summed E-state index contributed by atoms with van der Waals surface area (Å²) in [6.07, 6.45) is 0. The van der Waals surface area contributed by atoms with E-state index in [4.69, 9.17) is 16.3 Å². The van der Waals surface area contributed by atoms with Crippen molar-refractivity contribution in [1.82, 2.24) is 0 Å². The maximum atomic E-state index is 12.7. The molecule has 7 nitrogen and oxygen atoms in total. The van der Waals surface area contributed by atoms with Gasteiger partial charge in [0.2, 0.25) is 0 Å². The number of benzene rings is 2. The van der Waals surface area contributed by atoms with Crippen molar-refractivity contribution in [3.63, 3.8) is 0 Å². The molecule has 2 rings (SSSR count). The maximum absolute atomic E-state index is 12.7. The number of hydrogen-bond donors (Lipinski definition) is 0. The Morgan fingerprint density at radius 2 is 1.87 bits per heavy atom. The smallest absolute Gasteiger partial charge is 0.289 e. The van der Waals surface area contributed by atoms with Gasteiger partial charge in [0.1, 0.15) is 5.75 Å².